The second-order valence-electron chi connectivity index (χ2n) is 2.77. The number of nitrogens with zero attached hydrogens (tertiary/aromatic N) is 1. The average molecular weight is 187 g/mol. The van der Waals surface area contributed by atoms with E-state index in [9.17, 15) is 9.59 Å². The summed E-state index contributed by atoms with van der Waals surface area (Å²) in [4.78, 5) is 20.6. The van der Waals surface area contributed by atoms with E-state index in [0.29, 0.717) is 5.71 Å². The zero-order valence-corrected chi connectivity index (χ0v) is 7.57. The number of rotatable bonds is 4. The van der Waals surface area contributed by atoms with Crippen LogP contribution in [-0.2, 0) is 4.79 Å². The molecule has 0 saturated carbocycles. The molecular weight excluding hydrogens is 174 g/mol. The molecule has 0 aromatic carbocycles. The van der Waals surface area contributed by atoms with Crippen molar-refractivity contribution in [2.24, 2.45) is 16.8 Å². The van der Waals surface area contributed by atoms with Crippen molar-refractivity contribution in [3.63, 3.8) is 0 Å². The lowest BCUT2D eigenvalue weighted by molar-refractivity contribution is -0.140. The number of carboxylic acid groups (broad SMARTS) is 1. The largest absolute Gasteiger partial charge is 0.481 e. The minimum Gasteiger partial charge on any atom is -0.481 e. The first-order valence-corrected chi connectivity index (χ1v) is 3.75. The van der Waals surface area contributed by atoms with Crippen LogP contribution in [-0.4, -0.2) is 22.8 Å². The van der Waals surface area contributed by atoms with Gasteiger partial charge in [-0.3, -0.25) is 4.79 Å². The number of nitrogens with one attached hydrogen (secondary N) is 1. The highest BCUT2D eigenvalue weighted by Gasteiger charge is 2.11. The third-order valence-corrected chi connectivity index (χ3v) is 1.38. The fourth-order valence-electron chi connectivity index (χ4n) is 0.727. The minimum atomic E-state index is -0.895. The summed E-state index contributed by atoms with van der Waals surface area (Å²) in [5.74, 6) is -1.41. The van der Waals surface area contributed by atoms with E-state index in [1.165, 1.54) is 0 Å². The predicted molar refractivity (Wildman–Crippen MR) is 47.2 cm³/mol. The molecule has 6 heteroatoms. The topological polar surface area (TPSA) is 105 Å². The van der Waals surface area contributed by atoms with Crippen molar-refractivity contribution in [3.05, 3.63) is 0 Å². The Kier molecular flexibility index (Phi) is 4.50. The van der Waals surface area contributed by atoms with Crippen LogP contribution in [0.15, 0.2) is 5.10 Å². The molecule has 0 rings (SSSR count). The summed E-state index contributed by atoms with van der Waals surface area (Å²) in [7, 11) is 0. The molecule has 0 heterocycles. The first kappa shape index (κ1) is 11.4. The standard InChI is InChI=1S/C7H13N3O3/c1-4(6(11)12)3-5(2)9-10-7(8)13/h4H,3H2,1-2H3,(H,11,12)(H3,8,10,13)/b9-5+. The number of hydrogen-bond donors (Lipinski definition) is 3. The van der Waals surface area contributed by atoms with Crippen LogP contribution in [0.4, 0.5) is 4.79 Å². The predicted octanol–water partition coefficient (Wildman–Crippen LogP) is 0.141. The van der Waals surface area contributed by atoms with Gasteiger partial charge in [-0.1, -0.05) is 6.92 Å². The van der Waals surface area contributed by atoms with Crippen LogP contribution in [0.1, 0.15) is 20.3 Å². The molecule has 4 N–H and O–H groups in total. The number of urea groups is 1. The average Bonchev–Trinajstić information content (AvgIpc) is 2.00. The lowest BCUT2D eigenvalue weighted by atomic mass is 10.1. The molecule has 6 nitrogen and oxygen atoms in total. The summed E-state index contributed by atoms with van der Waals surface area (Å²) in [5.41, 5.74) is 7.30. The molecule has 0 aliphatic carbocycles. The number of primary amides is 1. The fourth-order valence-corrected chi connectivity index (χ4v) is 0.727. The van der Waals surface area contributed by atoms with E-state index in [4.69, 9.17) is 10.8 Å². The summed E-state index contributed by atoms with van der Waals surface area (Å²) in [6.45, 7) is 3.18. The summed E-state index contributed by atoms with van der Waals surface area (Å²) >= 11 is 0. The van der Waals surface area contributed by atoms with E-state index in [2.05, 4.69) is 5.10 Å². The van der Waals surface area contributed by atoms with E-state index in [-0.39, 0.29) is 6.42 Å². The maximum absolute atomic E-state index is 10.4. The Morgan fingerprint density at radius 2 is 2.15 bits per heavy atom. The van der Waals surface area contributed by atoms with E-state index in [0.717, 1.165) is 0 Å². The highest BCUT2D eigenvalue weighted by atomic mass is 16.4. The minimum absolute atomic E-state index is 0.287. The van der Waals surface area contributed by atoms with E-state index in [1.807, 2.05) is 5.43 Å². The zero-order valence-electron chi connectivity index (χ0n) is 7.57. The second kappa shape index (κ2) is 5.13. The van der Waals surface area contributed by atoms with Crippen LogP contribution in [0.2, 0.25) is 0 Å². The molecule has 13 heavy (non-hydrogen) atoms. The fraction of sp³-hybridized carbons (Fsp3) is 0.571. The molecule has 0 aromatic rings. The van der Waals surface area contributed by atoms with Gasteiger partial charge in [0.05, 0.1) is 5.92 Å². The first-order chi connectivity index (χ1) is 5.93. The van der Waals surface area contributed by atoms with Crippen molar-refractivity contribution >= 4 is 17.7 Å². The van der Waals surface area contributed by atoms with E-state index < -0.39 is 17.9 Å². The molecule has 0 aliphatic rings. The Bertz CT molecular complexity index is 237. The van der Waals surface area contributed by atoms with Crippen LogP contribution in [0.3, 0.4) is 0 Å². The molecule has 1 unspecified atom stereocenters. The smallest absolute Gasteiger partial charge is 0.332 e. The number of hydrazone groups is 1. The number of carbonyl (C=O) groups excluding carboxylic acids is 1. The van der Waals surface area contributed by atoms with E-state index in [1.54, 1.807) is 13.8 Å². The second-order valence-corrected chi connectivity index (χ2v) is 2.77. The van der Waals surface area contributed by atoms with Gasteiger partial charge in [-0.25, -0.2) is 10.2 Å². The van der Waals surface area contributed by atoms with Gasteiger partial charge in [-0.15, -0.1) is 0 Å². The summed E-state index contributed by atoms with van der Waals surface area (Å²) in [6, 6.07) is -0.762. The number of carboxylic acids is 1. The number of carbonyl (C=O) groups is 2. The Morgan fingerprint density at radius 1 is 1.62 bits per heavy atom. The quantitative estimate of drug-likeness (QED) is 0.430. The van der Waals surface area contributed by atoms with Gasteiger partial charge in [0.1, 0.15) is 0 Å². The molecule has 1 atom stereocenters. The molecule has 0 aromatic heterocycles. The summed E-state index contributed by atoms with van der Waals surface area (Å²) in [6.07, 6.45) is 0.287. The van der Waals surface area contributed by atoms with Gasteiger partial charge in [0.15, 0.2) is 0 Å². The van der Waals surface area contributed by atoms with Gasteiger partial charge in [0.2, 0.25) is 0 Å². The molecule has 74 valence electrons. The SMILES string of the molecule is C/C(CC(C)C(=O)O)=N\NC(N)=O. The number of hydrogen-bond acceptors (Lipinski definition) is 3. The molecule has 2 amide bonds. The van der Waals surface area contributed by atoms with Crippen LogP contribution in [0.5, 0.6) is 0 Å². The highest BCUT2D eigenvalue weighted by molar-refractivity contribution is 5.87. The maximum atomic E-state index is 10.4. The van der Waals surface area contributed by atoms with Crippen molar-refractivity contribution in [3.8, 4) is 0 Å². The highest BCUT2D eigenvalue weighted by Crippen LogP contribution is 2.02. The van der Waals surface area contributed by atoms with Crippen molar-refractivity contribution in [1.29, 1.82) is 0 Å². The zero-order chi connectivity index (χ0) is 10.4. The molecular formula is C7H13N3O3. The number of aliphatic carboxylic acids is 1. The van der Waals surface area contributed by atoms with Crippen molar-refractivity contribution < 1.29 is 14.7 Å². The lowest BCUT2D eigenvalue weighted by Gasteiger charge is -2.04. The number of nitrogens with two attached hydrogens (primary N) is 1. The normalized spacial score (nSPS) is 13.5. The van der Waals surface area contributed by atoms with Crippen LogP contribution in [0, 0.1) is 5.92 Å². The molecule has 0 aliphatic heterocycles. The Hall–Kier alpha value is -1.59. The Balaban J connectivity index is 3.98. The first-order valence-electron chi connectivity index (χ1n) is 3.75. The van der Waals surface area contributed by atoms with Crippen molar-refractivity contribution in [2.45, 2.75) is 20.3 Å². The van der Waals surface area contributed by atoms with Crippen molar-refractivity contribution in [1.82, 2.24) is 5.43 Å². The van der Waals surface area contributed by atoms with Gasteiger partial charge in [-0.05, 0) is 6.92 Å². The van der Waals surface area contributed by atoms with Gasteiger partial charge in [-0.2, -0.15) is 5.10 Å². The molecule has 0 bridgehead atoms. The summed E-state index contributed by atoms with van der Waals surface area (Å²) < 4.78 is 0. The third-order valence-electron chi connectivity index (χ3n) is 1.38. The monoisotopic (exact) mass is 187 g/mol. The van der Waals surface area contributed by atoms with Gasteiger partial charge in [0, 0.05) is 12.1 Å². The molecule has 0 saturated heterocycles. The van der Waals surface area contributed by atoms with Crippen LogP contribution in [0.25, 0.3) is 0 Å². The van der Waals surface area contributed by atoms with Gasteiger partial charge in [0.25, 0.3) is 0 Å². The summed E-state index contributed by atoms with van der Waals surface area (Å²) in [5, 5.41) is 12.1. The maximum Gasteiger partial charge on any atom is 0.332 e. The van der Waals surface area contributed by atoms with Crippen LogP contribution < -0.4 is 11.2 Å². The van der Waals surface area contributed by atoms with Crippen molar-refractivity contribution in [2.75, 3.05) is 0 Å². The molecule has 0 spiro atoms. The number of amides is 2. The third kappa shape index (κ3) is 5.66. The van der Waals surface area contributed by atoms with Gasteiger partial charge >= 0.3 is 12.0 Å². The Morgan fingerprint density at radius 3 is 2.54 bits per heavy atom. The molecule has 0 fully saturated rings. The Labute approximate surface area is 75.8 Å². The molecule has 0 radical (unpaired) electrons. The van der Waals surface area contributed by atoms with Crippen LogP contribution >= 0.6 is 0 Å². The van der Waals surface area contributed by atoms with Gasteiger partial charge < -0.3 is 10.8 Å². The van der Waals surface area contributed by atoms with E-state index >= 15 is 0 Å². The lowest BCUT2D eigenvalue weighted by Crippen LogP contribution is -2.26.